The lowest BCUT2D eigenvalue weighted by atomic mass is 10.1. The number of anilines is 1. The third kappa shape index (κ3) is 5.62. The van der Waals surface area contributed by atoms with Gasteiger partial charge in [-0.3, -0.25) is 4.79 Å². The van der Waals surface area contributed by atoms with Crippen molar-refractivity contribution in [1.29, 1.82) is 0 Å². The average molecular weight is 355 g/mol. The van der Waals surface area contributed by atoms with Crippen LogP contribution < -0.4 is 10.1 Å². The van der Waals surface area contributed by atoms with Crippen LogP contribution in [0.15, 0.2) is 48.5 Å². The van der Waals surface area contributed by atoms with Crippen LogP contribution in [0.25, 0.3) is 0 Å². The molecule has 2 aromatic carbocycles. The molecule has 26 heavy (non-hydrogen) atoms. The fraction of sp³-hybridized carbons (Fsp3) is 0.333. The van der Waals surface area contributed by atoms with Gasteiger partial charge in [0.25, 0.3) is 5.91 Å². The van der Waals surface area contributed by atoms with Crippen molar-refractivity contribution in [2.24, 2.45) is 0 Å². The molecular weight excluding hydrogens is 330 g/mol. The quantitative estimate of drug-likeness (QED) is 0.524. The molecule has 0 saturated carbocycles. The van der Waals surface area contributed by atoms with E-state index in [0.717, 1.165) is 19.3 Å². The third-order valence-electron chi connectivity index (χ3n) is 3.79. The van der Waals surface area contributed by atoms with Crippen molar-refractivity contribution in [2.45, 2.75) is 33.1 Å². The first-order chi connectivity index (χ1) is 12.7. The number of amides is 1. The van der Waals surface area contributed by atoms with Crippen LogP contribution in [0.1, 0.15) is 53.8 Å². The Kier molecular flexibility index (Phi) is 7.68. The van der Waals surface area contributed by atoms with Crippen LogP contribution in [-0.2, 0) is 4.74 Å². The SMILES string of the molecule is CCCCCOc1ccccc1C(=O)Nc1ccc(C(=O)OCC)cc1. The summed E-state index contributed by atoms with van der Waals surface area (Å²) in [5.41, 5.74) is 1.53. The molecule has 0 aliphatic rings. The largest absolute Gasteiger partial charge is 0.493 e. The topological polar surface area (TPSA) is 64.6 Å². The number of benzene rings is 2. The number of para-hydroxylation sites is 1. The van der Waals surface area contributed by atoms with E-state index in [0.29, 0.717) is 35.8 Å². The van der Waals surface area contributed by atoms with Crippen molar-refractivity contribution in [3.05, 3.63) is 59.7 Å². The van der Waals surface area contributed by atoms with E-state index in [1.165, 1.54) is 0 Å². The summed E-state index contributed by atoms with van der Waals surface area (Å²) in [6.45, 7) is 4.81. The van der Waals surface area contributed by atoms with Crippen molar-refractivity contribution < 1.29 is 19.1 Å². The van der Waals surface area contributed by atoms with Gasteiger partial charge in [0.2, 0.25) is 0 Å². The van der Waals surface area contributed by atoms with Crippen LogP contribution in [0.3, 0.4) is 0 Å². The molecular formula is C21H25NO4. The molecule has 0 unspecified atom stereocenters. The number of ether oxygens (including phenoxy) is 2. The monoisotopic (exact) mass is 355 g/mol. The molecule has 2 aromatic rings. The van der Waals surface area contributed by atoms with Crippen molar-refractivity contribution in [1.82, 2.24) is 0 Å². The predicted molar refractivity (Wildman–Crippen MR) is 102 cm³/mol. The molecule has 0 heterocycles. The first-order valence-corrected chi connectivity index (χ1v) is 8.96. The minimum atomic E-state index is -0.379. The number of nitrogens with one attached hydrogen (secondary N) is 1. The van der Waals surface area contributed by atoms with Gasteiger partial charge in [-0.05, 0) is 49.7 Å². The summed E-state index contributed by atoms with van der Waals surface area (Å²) in [6.07, 6.45) is 3.18. The number of esters is 1. The average Bonchev–Trinajstić information content (AvgIpc) is 2.66. The van der Waals surface area contributed by atoms with Crippen LogP contribution in [0.5, 0.6) is 5.75 Å². The third-order valence-corrected chi connectivity index (χ3v) is 3.79. The number of hydrogen-bond acceptors (Lipinski definition) is 4. The zero-order chi connectivity index (χ0) is 18.8. The molecule has 0 fully saturated rings. The molecule has 0 spiro atoms. The summed E-state index contributed by atoms with van der Waals surface area (Å²) in [6, 6.07) is 13.8. The number of rotatable bonds is 9. The van der Waals surface area contributed by atoms with Crippen LogP contribution >= 0.6 is 0 Å². The number of unbranched alkanes of at least 4 members (excludes halogenated alkanes) is 2. The van der Waals surface area contributed by atoms with Crippen molar-refractivity contribution in [3.63, 3.8) is 0 Å². The normalized spacial score (nSPS) is 10.2. The molecule has 0 aliphatic heterocycles. The van der Waals surface area contributed by atoms with Crippen molar-refractivity contribution >= 4 is 17.6 Å². The molecule has 5 heteroatoms. The second-order valence-corrected chi connectivity index (χ2v) is 5.80. The van der Waals surface area contributed by atoms with Gasteiger partial charge < -0.3 is 14.8 Å². The van der Waals surface area contributed by atoms with Gasteiger partial charge in [-0.25, -0.2) is 4.79 Å². The van der Waals surface area contributed by atoms with Gasteiger partial charge in [0.05, 0.1) is 24.3 Å². The molecule has 1 N–H and O–H groups in total. The van der Waals surface area contributed by atoms with Crippen LogP contribution in [-0.4, -0.2) is 25.1 Å². The second-order valence-electron chi connectivity index (χ2n) is 5.80. The molecule has 2 rings (SSSR count). The lowest BCUT2D eigenvalue weighted by molar-refractivity contribution is 0.0526. The molecule has 5 nitrogen and oxygen atoms in total. The highest BCUT2D eigenvalue weighted by Crippen LogP contribution is 2.20. The fourth-order valence-electron chi connectivity index (χ4n) is 2.42. The van der Waals surface area contributed by atoms with Gasteiger partial charge in [-0.15, -0.1) is 0 Å². The van der Waals surface area contributed by atoms with E-state index in [1.54, 1.807) is 49.4 Å². The Labute approximate surface area is 154 Å². The van der Waals surface area contributed by atoms with E-state index in [-0.39, 0.29) is 11.9 Å². The van der Waals surface area contributed by atoms with E-state index >= 15 is 0 Å². The molecule has 0 atom stereocenters. The molecule has 0 aromatic heterocycles. The maximum absolute atomic E-state index is 12.6. The smallest absolute Gasteiger partial charge is 0.338 e. The Morgan fingerprint density at radius 1 is 0.962 bits per heavy atom. The van der Waals surface area contributed by atoms with Crippen molar-refractivity contribution in [2.75, 3.05) is 18.5 Å². The summed E-state index contributed by atoms with van der Waals surface area (Å²) >= 11 is 0. The second kappa shape index (κ2) is 10.2. The van der Waals surface area contributed by atoms with Gasteiger partial charge in [-0.2, -0.15) is 0 Å². The Hall–Kier alpha value is -2.82. The van der Waals surface area contributed by atoms with Gasteiger partial charge >= 0.3 is 5.97 Å². The molecule has 0 bridgehead atoms. The number of carbonyl (C=O) groups is 2. The highest BCUT2D eigenvalue weighted by molar-refractivity contribution is 6.06. The van der Waals surface area contributed by atoms with E-state index in [9.17, 15) is 9.59 Å². The molecule has 0 aliphatic carbocycles. The Bertz CT molecular complexity index is 725. The van der Waals surface area contributed by atoms with Crippen molar-refractivity contribution in [3.8, 4) is 5.75 Å². The van der Waals surface area contributed by atoms with E-state index < -0.39 is 0 Å². The summed E-state index contributed by atoms with van der Waals surface area (Å²) in [7, 11) is 0. The fourth-order valence-corrected chi connectivity index (χ4v) is 2.42. The Balaban J connectivity index is 2.02. The molecule has 0 radical (unpaired) electrons. The number of hydrogen-bond donors (Lipinski definition) is 1. The van der Waals surface area contributed by atoms with Gasteiger partial charge in [-0.1, -0.05) is 31.9 Å². The Morgan fingerprint density at radius 2 is 1.69 bits per heavy atom. The maximum atomic E-state index is 12.6. The minimum absolute atomic E-state index is 0.250. The van der Waals surface area contributed by atoms with Gasteiger partial charge in [0, 0.05) is 5.69 Å². The zero-order valence-electron chi connectivity index (χ0n) is 15.3. The van der Waals surface area contributed by atoms with E-state index in [4.69, 9.17) is 9.47 Å². The lowest BCUT2D eigenvalue weighted by Crippen LogP contribution is -2.14. The maximum Gasteiger partial charge on any atom is 0.338 e. The molecule has 138 valence electrons. The molecule has 0 saturated heterocycles. The van der Waals surface area contributed by atoms with Gasteiger partial charge in [0.1, 0.15) is 5.75 Å². The van der Waals surface area contributed by atoms with E-state index in [1.807, 2.05) is 6.07 Å². The first kappa shape index (κ1) is 19.5. The minimum Gasteiger partial charge on any atom is -0.493 e. The summed E-state index contributed by atoms with van der Waals surface area (Å²) in [5, 5.41) is 2.83. The molecule has 1 amide bonds. The predicted octanol–water partition coefficient (Wildman–Crippen LogP) is 4.68. The zero-order valence-corrected chi connectivity index (χ0v) is 15.3. The lowest BCUT2D eigenvalue weighted by Gasteiger charge is -2.12. The van der Waals surface area contributed by atoms with Gasteiger partial charge in [0.15, 0.2) is 0 Å². The van der Waals surface area contributed by atoms with Crippen LogP contribution in [0.2, 0.25) is 0 Å². The standard InChI is InChI=1S/C21H25NO4/c1-3-5-8-15-26-19-10-7-6-9-18(19)20(23)22-17-13-11-16(12-14-17)21(24)25-4-2/h6-7,9-14H,3-5,8,15H2,1-2H3,(H,22,23). The summed E-state index contributed by atoms with van der Waals surface area (Å²) < 4.78 is 10.7. The highest BCUT2D eigenvalue weighted by atomic mass is 16.5. The first-order valence-electron chi connectivity index (χ1n) is 8.96. The summed E-state index contributed by atoms with van der Waals surface area (Å²) in [4.78, 5) is 24.2. The highest BCUT2D eigenvalue weighted by Gasteiger charge is 2.13. The van der Waals surface area contributed by atoms with E-state index in [2.05, 4.69) is 12.2 Å². The van der Waals surface area contributed by atoms with Crippen LogP contribution in [0.4, 0.5) is 5.69 Å². The van der Waals surface area contributed by atoms with Crippen LogP contribution in [0, 0.1) is 0 Å². The number of carbonyl (C=O) groups excluding carboxylic acids is 2. The summed E-state index contributed by atoms with van der Waals surface area (Å²) in [5.74, 6) is -0.0552. The Morgan fingerprint density at radius 3 is 2.38 bits per heavy atom.